The molecule has 0 saturated carbocycles. The maximum atomic E-state index is 9.78. The van der Waals surface area contributed by atoms with Crippen LogP contribution in [0.5, 0.6) is 5.75 Å². The maximum absolute atomic E-state index is 9.78. The SMILES string of the molecule is COc1ccc(-c2cc(C)nc(C(O)CN)n2)cc1Br. The lowest BCUT2D eigenvalue weighted by molar-refractivity contribution is 0.176. The average molecular weight is 338 g/mol. The summed E-state index contributed by atoms with van der Waals surface area (Å²) >= 11 is 3.45. The van der Waals surface area contributed by atoms with Crippen LogP contribution in [0, 0.1) is 6.92 Å². The molecule has 0 aliphatic heterocycles. The molecule has 0 aliphatic rings. The fraction of sp³-hybridized carbons (Fsp3) is 0.286. The first-order valence-corrected chi connectivity index (χ1v) is 6.92. The average Bonchev–Trinajstić information content (AvgIpc) is 2.45. The number of aryl methyl sites for hydroxylation is 1. The summed E-state index contributed by atoms with van der Waals surface area (Å²) < 4.78 is 6.05. The molecule has 2 rings (SSSR count). The molecule has 1 atom stereocenters. The van der Waals surface area contributed by atoms with E-state index in [0.717, 1.165) is 27.2 Å². The highest BCUT2D eigenvalue weighted by molar-refractivity contribution is 9.10. The maximum Gasteiger partial charge on any atom is 0.159 e. The molecule has 0 spiro atoms. The second kappa shape index (κ2) is 6.30. The number of ether oxygens (including phenoxy) is 1. The number of aromatic nitrogens is 2. The van der Waals surface area contributed by atoms with Crippen molar-refractivity contribution in [3.8, 4) is 17.0 Å². The molecular weight excluding hydrogens is 322 g/mol. The van der Waals surface area contributed by atoms with Gasteiger partial charge in [0.05, 0.1) is 17.3 Å². The lowest BCUT2D eigenvalue weighted by atomic mass is 10.1. The first kappa shape index (κ1) is 14.9. The highest BCUT2D eigenvalue weighted by Gasteiger charge is 2.12. The molecular formula is C14H16BrN3O2. The number of aliphatic hydroxyl groups excluding tert-OH is 1. The van der Waals surface area contributed by atoms with E-state index in [4.69, 9.17) is 10.5 Å². The van der Waals surface area contributed by atoms with Crippen molar-refractivity contribution in [3.05, 3.63) is 40.3 Å². The molecule has 0 amide bonds. The van der Waals surface area contributed by atoms with Gasteiger partial charge in [0.1, 0.15) is 11.9 Å². The number of rotatable bonds is 4. The van der Waals surface area contributed by atoms with Gasteiger partial charge in [0, 0.05) is 17.8 Å². The summed E-state index contributed by atoms with van der Waals surface area (Å²) in [6, 6.07) is 7.54. The predicted molar refractivity (Wildman–Crippen MR) is 80.5 cm³/mol. The van der Waals surface area contributed by atoms with Gasteiger partial charge in [-0.3, -0.25) is 0 Å². The van der Waals surface area contributed by atoms with Crippen LogP contribution in [0.25, 0.3) is 11.3 Å². The van der Waals surface area contributed by atoms with Gasteiger partial charge in [0.25, 0.3) is 0 Å². The molecule has 1 aromatic heterocycles. The largest absolute Gasteiger partial charge is 0.496 e. The van der Waals surface area contributed by atoms with Crippen LogP contribution in [0.2, 0.25) is 0 Å². The highest BCUT2D eigenvalue weighted by Crippen LogP contribution is 2.30. The Morgan fingerprint density at radius 1 is 1.35 bits per heavy atom. The molecule has 0 fully saturated rings. The minimum absolute atomic E-state index is 0.0925. The smallest absolute Gasteiger partial charge is 0.159 e. The highest BCUT2D eigenvalue weighted by atomic mass is 79.9. The summed E-state index contributed by atoms with van der Waals surface area (Å²) in [5.74, 6) is 1.09. The van der Waals surface area contributed by atoms with Crippen LogP contribution in [0.3, 0.4) is 0 Å². The first-order chi connectivity index (χ1) is 9.55. The molecule has 1 aromatic carbocycles. The Kier molecular flexibility index (Phi) is 4.69. The lowest BCUT2D eigenvalue weighted by Crippen LogP contribution is -2.15. The number of nitrogens with two attached hydrogens (primary N) is 1. The van der Waals surface area contributed by atoms with Gasteiger partial charge < -0.3 is 15.6 Å². The summed E-state index contributed by atoms with van der Waals surface area (Å²) in [6.45, 7) is 1.95. The van der Waals surface area contributed by atoms with Gasteiger partial charge in [-0.05, 0) is 47.1 Å². The Morgan fingerprint density at radius 3 is 2.70 bits per heavy atom. The number of halogens is 1. The van der Waals surface area contributed by atoms with Gasteiger partial charge in [-0.2, -0.15) is 0 Å². The molecule has 6 heteroatoms. The molecule has 1 unspecified atom stereocenters. The van der Waals surface area contributed by atoms with Crippen molar-refractivity contribution in [2.45, 2.75) is 13.0 Å². The molecule has 2 aromatic rings. The topological polar surface area (TPSA) is 81.3 Å². The van der Waals surface area contributed by atoms with Crippen molar-refractivity contribution in [1.82, 2.24) is 9.97 Å². The number of aliphatic hydroxyl groups is 1. The quantitative estimate of drug-likeness (QED) is 0.893. The van der Waals surface area contributed by atoms with E-state index in [1.807, 2.05) is 31.2 Å². The third-order valence-electron chi connectivity index (χ3n) is 2.84. The van der Waals surface area contributed by atoms with E-state index in [9.17, 15) is 5.11 Å². The third-order valence-corrected chi connectivity index (χ3v) is 3.46. The van der Waals surface area contributed by atoms with Gasteiger partial charge in [-0.1, -0.05) is 0 Å². The van der Waals surface area contributed by atoms with Gasteiger partial charge in [0.2, 0.25) is 0 Å². The van der Waals surface area contributed by atoms with Gasteiger partial charge in [0.15, 0.2) is 5.82 Å². The predicted octanol–water partition coefficient (Wildman–Crippen LogP) is 2.22. The zero-order chi connectivity index (χ0) is 14.7. The molecule has 0 saturated heterocycles. The van der Waals surface area contributed by atoms with Crippen LogP contribution in [0.4, 0.5) is 0 Å². The minimum atomic E-state index is -0.852. The number of benzene rings is 1. The summed E-state index contributed by atoms with van der Waals surface area (Å²) in [6.07, 6.45) is -0.852. The van der Waals surface area contributed by atoms with Gasteiger partial charge in [-0.25, -0.2) is 9.97 Å². The van der Waals surface area contributed by atoms with Crippen LogP contribution in [-0.4, -0.2) is 28.7 Å². The van der Waals surface area contributed by atoms with Crippen LogP contribution in [0.1, 0.15) is 17.6 Å². The zero-order valence-corrected chi connectivity index (χ0v) is 12.9. The molecule has 1 heterocycles. The number of methoxy groups -OCH3 is 1. The Labute approximate surface area is 126 Å². The summed E-state index contributed by atoms with van der Waals surface area (Å²) in [5.41, 5.74) is 7.88. The van der Waals surface area contributed by atoms with Gasteiger partial charge >= 0.3 is 0 Å². The Hall–Kier alpha value is -1.50. The van der Waals surface area contributed by atoms with Crippen LogP contribution >= 0.6 is 15.9 Å². The van der Waals surface area contributed by atoms with E-state index in [1.165, 1.54) is 0 Å². The second-order valence-electron chi connectivity index (χ2n) is 4.35. The fourth-order valence-corrected chi connectivity index (χ4v) is 2.36. The lowest BCUT2D eigenvalue weighted by Gasteiger charge is -2.11. The van der Waals surface area contributed by atoms with Gasteiger partial charge in [-0.15, -0.1) is 0 Å². The van der Waals surface area contributed by atoms with Crippen molar-refractivity contribution >= 4 is 15.9 Å². The van der Waals surface area contributed by atoms with Crippen molar-refractivity contribution in [2.75, 3.05) is 13.7 Å². The number of hydrogen-bond acceptors (Lipinski definition) is 5. The number of nitrogens with zero attached hydrogens (tertiary/aromatic N) is 2. The molecule has 0 aliphatic carbocycles. The van der Waals surface area contributed by atoms with Crippen molar-refractivity contribution in [3.63, 3.8) is 0 Å². The normalized spacial score (nSPS) is 12.2. The second-order valence-corrected chi connectivity index (χ2v) is 5.21. The third kappa shape index (κ3) is 3.15. The minimum Gasteiger partial charge on any atom is -0.496 e. The van der Waals surface area contributed by atoms with E-state index in [-0.39, 0.29) is 6.54 Å². The van der Waals surface area contributed by atoms with Crippen molar-refractivity contribution in [1.29, 1.82) is 0 Å². The Balaban J connectivity index is 2.47. The summed E-state index contributed by atoms with van der Waals surface area (Å²) in [4.78, 5) is 8.58. The summed E-state index contributed by atoms with van der Waals surface area (Å²) in [5, 5.41) is 9.78. The molecule has 3 N–H and O–H groups in total. The molecule has 20 heavy (non-hydrogen) atoms. The molecule has 106 valence electrons. The van der Waals surface area contributed by atoms with Crippen molar-refractivity contribution in [2.24, 2.45) is 5.73 Å². The van der Waals surface area contributed by atoms with E-state index < -0.39 is 6.10 Å². The van der Waals surface area contributed by atoms with E-state index in [2.05, 4.69) is 25.9 Å². The number of hydrogen-bond donors (Lipinski definition) is 2. The van der Waals surface area contributed by atoms with E-state index >= 15 is 0 Å². The summed E-state index contributed by atoms with van der Waals surface area (Å²) in [7, 11) is 1.62. The van der Waals surface area contributed by atoms with Crippen LogP contribution < -0.4 is 10.5 Å². The van der Waals surface area contributed by atoms with Crippen LogP contribution in [0.15, 0.2) is 28.7 Å². The standard InChI is InChI=1S/C14H16BrN3O2/c1-8-5-11(18-14(17-8)12(19)7-16)9-3-4-13(20-2)10(15)6-9/h3-6,12,19H,7,16H2,1-2H3. The molecule has 5 nitrogen and oxygen atoms in total. The zero-order valence-electron chi connectivity index (χ0n) is 11.3. The van der Waals surface area contributed by atoms with E-state index in [1.54, 1.807) is 7.11 Å². The Bertz CT molecular complexity index is 619. The molecule has 0 radical (unpaired) electrons. The van der Waals surface area contributed by atoms with Crippen LogP contribution in [-0.2, 0) is 0 Å². The fourth-order valence-electron chi connectivity index (χ4n) is 1.82. The van der Waals surface area contributed by atoms with Crippen molar-refractivity contribution < 1.29 is 9.84 Å². The van der Waals surface area contributed by atoms with E-state index in [0.29, 0.717) is 5.82 Å². The monoisotopic (exact) mass is 337 g/mol. The Morgan fingerprint density at radius 2 is 2.10 bits per heavy atom. The first-order valence-electron chi connectivity index (χ1n) is 6.12. The molecule has 0 bridgehead atoms.